The lowest BCUT2D eigenvalue weighted by Crippen LogP contribution is -2.48. The zero-order valence-corrected chi connectivity index (χ0v) is 12.8. The van der Waals surface area contributed by atoms with Crippen molar-refractivity contribution in [1.29, 1.82) is 5.26 Å². The summed E-state index contributed by atoms with van der Waals surface area (Å²) in [4.78, 5) is 17.7. The molecule has 1 amide bonds. The van der Waals surface area contributed by atoms with Gasteiger partial charge in [-0.3, -0.25) is 4.79 Å². The molecule has 2 aromatic heterocycles. The Morgan fingerprint density at radius 3 is 3.05 bits per heavy atom. The number of aromatic nitrogens is 2. The molecule has 22 heavy (non-hydrogen) atoms. The number of hydrogen-bond donors (Lipinski definition) is 2. The van der Waals surface area contributed by atoms with Gasteiger partial charge in [0.25, 0.3) is 0 Å². The SMILES string of the molecule is Cc1nsc(Nc2ccc(N3CCNC(=O)C3)nc2)c1C#N. The quantitative estimate of drug-likeness (QED) is 0.889. The van der Waals surface area contributed by atoms with E-state index in [4.69, 9.17) is 5.26 Å². The second kappa shape index (κ2) is 5.99. The van der Waals surface area contributed by atoms with Gasteiger partial charge in [0.1, 0.15) is 22.5 Å². The number of anilines is 3. The van der Waals surface area contributed by atoms with Crippen molar-refractivity contribution in [3.8, 4) is 6.07 Å². The number of amides is 1. The highest BCUT2D eigenvalue weighted by Gasteiger charge is 2.17. The summed E-state index contributed by atoms with van der Waals surface area (Å²) in [6.07, 6.45) is 1.69. The van der Waals surface area contributed by atoms with Crippen molar-refractivity contribution in [3.05, 3.63) is 29.6 Å². The van der Waals surface area contributed by atoms with E-state index in [1.807, 2.05) is 24.0 Å². The van der Waals surface area contributed by atoms with E-state index < -0.39 is 0 Å². The maximum atomic E-state index is 11.4. The minimum atomic E-state index is 0.00838. The van der Waals surface area contributed by atoms with Crippen LogP contribution in [0.5, 0.6) is 0 Å². The lowest BCUT2D eigenvalue weighted by molar-refractivity contribution is -0.120. The molecule has 3 rings (SSSR count). The fourth-order valence-corrected chi connectivity index (χ4v) is 2.97. The Morgan fingerprint density at radius 1 is 1.50 bits per heavy atom. The molecule has 1 aliphatic heterocycles. The number of pyridine rings is 1. The molecule has 7 nitrogen and oxygen atoms in total. The van der Waals surface area contributed by atoms with Gasteiger partial charge in [-0.2, -0.15) is 9.64 Å². The summed E-state index contributed by atoms with van der Waals surface area (Å²) in [5.74, 6) is 0.774. The number of hydrogen-bond acceptors (Lipinski definition) is 7. The molecule has 0 atom stereocenters. The minimum absolute atomic E-state index is 0.00838. The van der Waals surface area contributed by atoms with Crippen LogP contribution < -0.4 is 15.5 Å². The summed E-state index contributed by atoms with van der Waals surface area (Å²) in [7, 11) is 0. The lowest BCUT2D eigenvalue weighted by Gasteiger charge is -2.27. The number of nitriles is 1. The van der Waals surface area contributed by atoms with Crippen LogP contribution in [0.25, 0.3) is 0 Å². The molecular weight excluding hydrogens is 300 g/mol. The third kappa shape index (κ3) is 2.84. The molecule has 0 aromatic carbocycles. The molecule has 0 unspecified atom stereocenters. The summed E-state index contributed by atoms with van der Waals surface area (Å²) >= 11 is 1.25. The molecule has 2 aromatic rings. The number of aryl methyl sites for hydroxylation is 1. The molecule has 2 N–H and O–H groups in total. The van der Waals surface area contributed by atoms with Crippen molar-refractivity contribution in [2.24, 2.45) is 0 Å². The van der Waals surface area contributed by atoms with Crippen LogP contribution in [-0.4, -0.2) is 34.9 Å². The summed E-state index contributed by atoms with van der Waals surface area (Å²) < 4.78 is 4.17. The van der Waals surface area contributed by atoms with E-state index in [1.165, 1.54) is 11.5 Å². The monoisotopic (exact) mass is 314 g/mol. The molecule has 8 heteroatoms. The largest absolute Gasteiger partial charge is 0.353 e. The van der Waals surface area contributed by atoms with Crippen LogP contribution in [0.4, 0.5) is 16.5 Å². The normalized spacial score (nSPS) is 14.4. The molecule has 3 heterocycles. The molecule has 0 bridgehead atoms. The van der Waals surface area contributed by atoms with Crippen LogP contribution in [0.3, 0.4) is 0 Å². The summed E-state index contributed by atoms with van der Waals surface area (Å²) in [5.41, 5.74) is 2.06. The Bertz CT molecular complexity index is 733. The van der Waals surface area contributed by atoms with Gasteiger partial charge in [0.15, 0.2) is 0 Å². The first-order valence-corrected chi connectivity index (χ1v) is 7.56. The van der Waals surface area contributed by atoms with Crippen molar-refractivity contribution < 1.29 is 4.79 Å². The Balaban J connectivity index is 1.74. The number of nitrogens with one attached hydrogen (secondary N) is 2. The van der Waals surface area contributed by atoms with Crippen molar-refractivity contribution >= 4 is 33.9 Å². The Hall–Kier alpha value is -2.66. The van der Waals surface area contributed by atoms with Gasteiger partial charge in [-0.05, 0) is 30.6 Å². The second-order valence-corrected chi connectivity index (χ2v) is 5.66. The number of nitrogens with zero attached hydrogens (tertiary/aromatic N) is 4. The molecular formula is C14H14N6OS. The standard InChI is InChI=1S/C14H14N6OS/c1-9-11(6-15)14(22-19-9)18-10-2-3-12(17-7-10)20-5-4-16-13(21)8-20/h2-3,7,18H,4-5,8H2,1H3,(H,16,21). The first kappa shape index (κ1) is 14.3. The second-order valence-electron chi connectivity index (χ2n) is 4.89. The van der Waals surface area contributed by atoms with E-state index in [0.717, 1.165) is 23.7 Å². The molecule has 0 aliphatic carbocycles. The number of carbonyl (C=O) groups is 1. The van der Waals surface area contributed by atoms with Crippen LogP contribution in [0.15, 0.2) is 18.3 Å². The van der Waals surface area contributed by atoms with Crippen molar-refractivity contribution in [2.45, 2.75) is 6.92 Å². The topological polar surface area (TPSA) is 93.9 Å². The molecule has 0 spiro atoms. The van der Waals surface area contributed by atoms with Crippen LogP contribution >= 0.6 is 11.5 Å². The van der Waals surface area contributed by atoms with Gasteiger partial charge in [-0.25, -0.2) is 4.98 Å². The van der Waals surface area contributed by atoms with Gasteiger partial charge in [-0.15, -0.1) is 0 Å². The average molecular weight is 314 g/mol. The third-order valence-corrected chi connectivity index (χ3v) is 4.20. The first-order valence-electron chi connectivity index (χ1n) is 6.78. The van der Waals surface area contributed by atoms with Crippen molar-refractivity contribution in [3.63, 3.8) is 0 Å². The lowest BCUT2D eigenvalue weighted by atomic mass is 10.2. The number of piperazine rings is 1. The van der Waals surface area contributed by atoms with Gasteiger partial charge in [0.2, 0.25) is 5.91 Å². The Labute approximate surface area is 131 Å². The Kier molecular flexibility index (Phi) is 3.89. The first-order chi connectivity index (χ1) is 10.7. The van der Waals surface area contributed by atoms with Gasteiger partial charge >= 0.3 is 0 Å². The highest BCUT2D eigenvalue weighted by Crippen LogP contribution is 2.27. The van der Waals surface area contributed by atoms with E-state index >= 15 is 0 Å². The molecule has 1 saturated heterocycles. The number of carbonyl (C=O) groups excluding carboxylic acids is 1. The van der Waals surface area contributed by atoms with E-state index in [0.29, 0.717) is 23.7 Å². The average Bonchev–Trinajstić information content (AvgIpc) is 2.88. The summed E-state index contributed by atoms with van der Waals surface area (Å²) in [5, 5.41) is 15.8. The predicted molar refractivity (Wildman–Crippen MR) is 84.3 cm³/mol. The van der Waals surface area contributed by atoms with E-state index in [1.54, 1.807) is 6.20 Å². The maximum absolute atomic E-state index is 11.4. The fourth-order valence-electron chi connectivity index (χ4n) is 2.20. The van der Waals surface area contributed by atoms with Crippen molar-refractivity contribution in [2.75, 3.05) is 29.9 Å². The number of rotatable bonds is 3. The zero-order valence-electron chi connectivity index (χ0n) is 12.0. The van der Waals surface area contributed by atoms with Gasteiger partial charge < -0.3 is 15.5 Å². The molecule has 1 fully saturated rings. The fraction of sp³-hybridized carbons (Fsp3) is 0.286. The molecule has 112 valence electrons. The summed E-state index contributed by atoms with van der Waals surface area (Å²) in [6.45, 7) is 3.51. The highest BCUT2D eigenvalue weighted by molar-refractivity contribution is 7.10. The summed E-state index contributed by atoms with van der Waals surface area (Å²) in [6, 6.07) is 5.89. The van der Waals surface area contributed by atoms with Crippen LogP contribution in [-0.2, 0) is 4.79 Å². The van der Waals surface area contributed by atoms with Crippen molar-refractivity contribution in [1.82, 2.24) is 14.7 Å². The zero-order chi connectivity index (χ0) is 15.5. The molecule has 1 aliphatic rings. The van der Waals surface area contributed by atoms with E-state index in [2.05, 4.69) is 26.1 Å². The van der Waals surface area contributed by atoms with Gasteiger partial charge in [-0.1, -0.05) is 0 Å². The Morgan fingerprint density at radius 2 is 2.36 bits per heavy atom. The maximum Gasteiger partial charge on any atom is 0.239 e. The highest BCUT2D eigenvalue weighted by atomic mass is 32.1. The van der Waals surface area contributed by atoms with Crippen LogP contribution in [0.2, 0.25) is 0 Å². The third-order valence-electron chi connectivity index (χ3n) is 3.34. The van der Waals surface area contributed by atoms with Gasteiger partial charge in [0, 0.05) is 13.1 Å². The van der Waals surface area contributed by atoms with Crippen LogP contribution in [0, 0.1) is 18.3 Å². The van der Waals surface area contributed by atoms with E-state index in [9.17, 15) is 4.79 Å². The minimum Gasteiger partial charge on any atom is -0.353 e. The van der Waals surface area contributed by atoms with Crippen LogP contribution in [0.1, 0.15) is 11.3 Å². The van der Waals surface area contributed by atoms with Gasteiger partial charge in [0.05, 0.1) is 24.1 Å². The molecule has 0 saturated carbocycles. The molecule has 0 radical (unpaired) electrons. The predicted octanol–water partition coefficient (Wildman–Crippen LogP) is 1.40. The van der Waals surface area contributed by atoms with E-state index in [-0.39, 0.29) is 5.91 Å². The smallest absolute Gasteiger partial charge is 0.239 e.